The number of hydrogen-bond donors (Lipinski definition) is 0. The Morgan fingerprint density at radius 3 is 2.60 bits per heavy atom. The van der Waals surface area contributed by atoms with Crippen molar-refractivity contribution in [2.24, 2.45) is 11.3 Å². The van der Waals surface area contributed by atoms with E-state index < -0.39 is 0 Å². The summed E-state index contributed by atoms with van der Waals surface area (Å²) in [4.78, 5) is 0. The van der Waals surface area contributed by atoms with Crippen LogP contribution >= 0.6 is 0 Å². The second-order valence-corrected chi connectivity index (χ2v) is 6.01. The van der Waals surface area contributed by atoms with Crippen molar-refractivity contribution in [1.82, 2.24) is 0 Å². The molecule has 2 unspecified atom stereocenters. The quantitative estimate of drug-likeness (QED) is 0.537. The van der Waals surface area contributed by atoms with Gasteiger partial charge in [-0.15, -0.1) is 0 Å². The molecule has 15 heavy (non-hydrogen) atoms. The van der Waals surface area contributed by atoms with Crippen LogP contribution in [0.4, 0.5) is 0 Å². The van der Waals surface area contributed by atoms with Crippen LogP contribution in [0.15, 0.2) is 0 Å². The molecular weight excluding hydrogens is 180 g/mol. The monoisotopic (exact) mass is 208 g/mol. The van der Waals surface area contributed by atoms with Gasteiger partial charge < -0.3 is 0 Å². The van der Waals surface area contributed by atoms with Crippen molar-refractivity contribution in [3.63, 3.8) is 0 Å². The number of fused-ring (bicyclic) bond motifs is 1. The average Bonchev–Trinajstić information content (AvgIpc) is 2.68. The lowest BCUT2D eigenvalue weighted by molar-refractivity contribution is 0.112. The van der Waals surface area contributed by atoms with Crippen molar-refractivity contribution in [2.75, 3.05) is 0 Å². The zero-order valence-electron chi connectivity index (χ0n) is 10.6. The molecule has 2 atom stereocenters. The molecule has 88 valence electrons. The fourth-order valence-electron chi connectivity index (χ4n) is 4.22. The lowest BCUT2D eigenvalue weighted by Crippen LogP contribution is -2.29. The largest absolute Gasteiger partial charge is 0.0654 e. The summed E-state index contributed by atoms with van der Waals surface area (Å²) in [5.74, 6) is 1.13. The average molecular weight is 208 g/mol. The van der Waals surface area contributed by atoms with Crippen molar-refractivity contribution in [2.45, 2.75) is 84.0 Å². The third kappa shape index (κ3) is 2.57. The van der Waals surface area contributed by atoms with Crippen molar-refractivity contribution in [3.8, 4) is 0 Å². The maximum atomic E-state index is 2.32. The van der Waals surface area contributed by atoms with Gasteiger partial charge in [-0.1, -0.05) is 51.9 Å². The Bertz CT molecular complexity index is 184. The van der Waals surface area contributed by atoms with Crippen molar-refractivity contribution < 1.29 is 0 Å². The van der Waals surface area contributed by atoms with Gasteiger partial charge in [0.1, 0.15) is 0 Å². The van der Waals surface area contributed by atoms with E-state index >= 15 is 0 Å². The highest BCUT2D eigenvalue weighted by atomic mass is 14.5. The molecule has 0 bridgehead atoms. The second kappa shape index (κ2) is 5.37. The Kier molecular flexibility index (Phi) is 4.11. The van der Waals surface area contributed by atoms with Gasteiger partial charge in [-0.3, -0.25) is 0 Å². The Morgan fingerprint density at radius 2 is 1.73 bits per heavy atom. The van der Waals surface area contributed by atoms with Crippen LogP contribution in [-0.4, -0.2) is 0 Å². The van der Waals surface area contributed by atoms with Gasteiger partial charge in [0.2, 0.25) is 0 Å². The van der Waals surface area contributed by atoms with E-state index in [2.05, 4.69) is 6.92 Å². The normalized spacial score (nSPS) is 35.4. The Labute approximate surface area is 95.8 Å². The zero-order valence-corrected chi connectivity index (χ0v) is 10.6. The highest BCUT2D eigenvalue weighted by Gasteiger charge is 2.42. The lowest BCUT2D eigenvalue weighted by atomic mass is 9.65. The van der Waals surface area contributed by atoms with Gasteiger partial charge in [0.25, 0.3) is 0 Å². The first-order valence-corrected chi connectivity index (χ1v) is 7.37. The summed E-state index contributed by atoms with van der Waals surface area (Å²) in [7, 11) is 0. The summed E-state index contributed by atoms with van der Waals surface area (Å²) in [6.45, 7) is 2.32. The summed E-state index contributed by atoms with van der Waals surface area (Å²) in [6, 6.07) is 0. The highest BCUT2D eigenvalue weighted by molar-refractivity contribution is 4.94. The molecule has 0 nitrogen and oxygen atoms in total. The van der Waals surface area contributed by atoms with Crippen LogP contribution in [0.25, 0.3) is 0 Å². The Balaban J connectivity index is 1.81. The van der Waals surface area contributed by atoms with E-state index in [1.54, 1.807) is 38.5 Å². The van der Waals surface area contributed by atoms with E-state index in [1.165, 1.54) is 38.5 Å². The fourth-order valence-corrected chi connectivity index (χ4v) is 4.22. The van der Waals surface area contributed by atoms with E-state index in [4.69, 9.17) is 0 Å². The number of unbranched alkanes of at least 4 members (excludes halogenated alkanes) is 3. The molecule has 0 N–H and O–H groups in total. The molecule has 0 aromatic carbocycles. The van der Waals surface area contributed by atoms with E-state index in [1.807, 2.05) is 0 Å². The minimum atomic E-state index is 0.839. The van der Waals surface area contributed by atoms with E-state index in [9.17, 15) is 0 Å². The van der Waals surface area contributed by atoms with Crippen LogP contribution in [0.1, 0.15) is 84.0 Å². The molecule has 0 aromatic heterocycles. The van der Waals surface area contributed by atoms with Crippen LogP contribution in [0.2, 0.25) is 0 Å². The predicted octanol–water partition coefficient (Wildman–Crippen LogP) is 5.32. The predicted molar refractivity (Wildman–Crippen MR) is 67.0 cm³/mol. The van der Waals surface area contributed by atoms with Crippen LogP contribution in [-0.2, 0) is 0 Å². The minimum Gasteiger partial charge on any atom is -0.0654 e. The lowest BCUT2D eigenvalue weighted by Gasteiger charge is -2.40. The van der Waals surface area contributed by atoms with Crippen LogP contribution < -0.4 is 0 Å². The minimum absolute atomic E-state index is 0.839. The van der Waals surface area contributed by atoms with Crippen LogP contribution in [0.3, 0.4) is 0 Å². The van der Waals surface area contributed by atoms with Gasteiger partial charge in [0, 0.05) is 0 Å². The van der Waals surface area contributed by atoms with Crippen molar-refractivity contribution in [1.29, 1.82) is 0 Å². The molecule has 2 saturated carbocycles. The summed E-state index contributed by atoms with van der Waals surface area (Å²) in [5, 5.41) is 0. The Morgan fingerprint density at radius 1 is 0.933 bits per heavy atom. The molecule has 2 fully saturated rings. The summed E-state index contributed by atoms with van der Waals surface area (Å²) in [5.41, 5.74) is 0.839. The van der Waals surface area contributed by atoms with Gasteiger partial charge >= 0.3 is 0 Å². The molecule has 0 aromatic rings. The summed E-state index contributed by atoms with van der Waals surface area (Å²) < 4.78 is 0. The summed E-state index contributed by atoms with van der Waals surface area (Å²) >= 11 is 0. The third-order valence-corrected chi connectivity index (χ3v) is 5.10. The van der Waals surface area contributed by atoms with E-state index in [0.717, 1.165) is 11.3 Å². The van der Waals surface area contributed by atoms with Gasteiger partial charge in [-0.25, -0.2) is 0 Å². The first-order valence-electron chi connectivity index (χ1n) is 7.37. The van der Waals surface area contributed by atoms with Gasteiger partial charge in [-0.2, -0.15) is 0 Å². The molecule has 0 heterocycles. The molecule has 0 aliphatic heterocycles. The molecule has 2 aliphatic carbocycles. The van der Waals surface area contributed by atoms with Crippen molar-refractivity contribution in [3.05, 3.63) is 0 Å². The summed E-state index contributed by atoms with van der Waals surface area (Å²) in [6.07, 6.45) is 18.3. The molecule has 0 spiro atoms. The van der Waals surface area contributed by atoms with Crippen LogP contribution in [0, 0.1) is 11.3 Å². The third-order valence-electron chi connectivity index (χ3n) is 5.10. The van der Waals surface area contributed by atoms with Gasteiger partial charge in [0.05, 0.1) is 0 Å². The van der Waals surface area contributed by atoms with E-state index in [-0.39, 0.29) is 0 Å². The molecule has 0 saturated heterocycles. The SMILES string of the molecule is CCCCCCC12CCCCC1CCC2. The van der Waals surface area contributed by atoms with Crippen molar-refractivity contribution >= 4 is 0 Å². The molecule has 2 rings (SSSR count). The molecule has 0 amide bonds. The standard InChI is InChI=1S/C15H28/c1-2-3-4-6-11-15-12-7-5-9-14(15)10-8-13-15/h14H,2-13H2,1H3. The van der Waals surface area contributed by atoms with Gasteiger partial charge in [0.15, 0.2) is 0 Å². The maximum Gasteiger partial charge on any atom is -0.0269 e. The number of rotatable bonds is 5. The zero-order chi connectivity index (χ0) is 10.6. The van der Waals surface area contributed by atoms with E-state index in [0.29, 0.717) is 0 Å². The fraction of sp³-hybridized carbons (Fsp3) is 1.00. The topological polar surface area (TPSA) is 0 Å². The second-order valence-electron chi connectivity index (χ2n) is 6.01. The Hall–Kier alpha value is 0. The van der Waals surface area contributed by atoms with Crippen LogP contribution in [0.5, 0.6) is 0 Å². The molecule has 2 aliphatic rings. The maximum absolute atomic E-state index is 2.32. The molecule has 0 heteroatoms. The molecule has 0 radical (unpaired) electrons. The smallest absolute Gasteiger partial charge is 0.0269 e. The highest BCUT2D eigenvalue weighted by Crippen LogP contribution is 2.55. The van der Waals surface area contributed by atoms with Gasteiger partial charge in [-0.05, 0) is 43.4 Å². The molecular formula is C15H28. The first kappa shape index (κ1) is 11.5. The first-order chi connectivity index (χ1) is 7.37. The number of hydrogen-bond acceptors (Lipinski definition) is 0.